The van der Waals surface area contributed by atoms with Gasteiger partial charge in [-0.2, -0.15) is 0 Å². The van der Waals surface area contributed by atoms with E-state index in [4.69, 9.17) is 9.97 Å². The third-order valence-electron chi connectivity index (χ3n) is 7.85. The Labute approximate surface area is 232 Å². The predicted octanol–water partition coefficient (Wildman–Crippen LogP) is 10.1. The number of para-hydroxylation sites is 1. The van der Waals surface area contributed by atoms with Crippen molar-refractivity contribution in [3.05, 3.63) is 146 Å². The van der Waals surface area contributed by atoms with E-state index >= 15 is 0 Å². The van der Waals surface area contributed by atoms with Gasteiger partial charge in [0, 0.05) is 16.5 Å². The Morgan fingerprint density at radius 2 is 0.825 bits per heavy atom. The van der Waals surface area contributed by atoms with Gasteiger partial charge in [0.05, 0.1) is 11.2 Å². The molecule has 0 N–H and O–H groups in total. The summed E-state index contributed by atoms with van der Waals surface area (Å²) in [6, 6.07) is 51.5. The summed E-state index contributed by atoms with van der Waals surface area (Å²) in [5, 5.41) is 8.75. The number of nitrogens with zero attached hydrogens (tertiary/aromatic N) is 2. The SMILES string of the molecule is c1ccc(-c2nc(-c3cccc(-c4ccc5c6ccccc6c6ccccc6c5c4)c3)nc3ccccc23)cc1. The fourth-order valence-electron chi connectivity index (χ4n) is 5.95. The molecule has 8 aromatic rings. The zero-order valence-corrected chi connectivity index (χ0v) is 21.8. The molecule has 186 valence electrons. The summed E-state index contributed by atoms with van der Waals surface area (Å²) in [5.41, 5.74) is 6.32. The lowest BCUT2D eigenvalue weighted by atomic mass is 9.92. The summed E-state index contributed by atoms with van der Waals surface area (Å²) in [6.07, 6.45) is 0. The second kappa shape index (κ2) is 9.14. The average molecular weight is 509 g/mol. The number of rotatable bonds is 3. The van der Waals surface area contributed by atoms with E-state index in [1.54, 1.807) is 0 Å². The number of fused-ring (bicyclic) bond motifs is 7. The van der Waals surface area contributed by atoms with Crippen molar-refractivity contribution in [3.63, 3.8) is 0 Å². The molecular formula is C38H24N2. The molecule has 1 aromatic heterocycles. The largest absolute Gasteiger partial charge is 0.228 e. The van der Waals surface area contributed by atoms with E-state index in [9.17, 15) is 0 Å². The van der Waals surface area contributed by atoms with Gasteiger partial charge in [0.2, 0.25) is 0 Å². The van der Waals surface area contributed by atoms with Crippen molar-refractivity contribution in [2.24, 2.45) is 0 Å². The quantitative estimate of drug-likeness (QED) is 0.222. The minimum atomic E-state index is 0.733. The molecule has 1 heterocycles. The van der Waals surface area contributed by atoms with Crippen LogP contribution >= 0.6 is 0 Å². The van der Waals surface area contributed by atoms with Gasteiger partial charge in [-0.3, -0.25) is 0 Å². The van der Waals surface area contributed by atoms with Crippen LogP contribution in [0.4, 0.5) is 0 Å². The van der Waals surface area contributed by atoms with Crippen molar-refractivity contribution < 1.29 is 0 Å². The third kappa shape index (κ3) is 3.65. The molecule has 0 aliphatic heterocycles. The lowest BCUT2D eigenvalue weighted by Gasteiger charge is -2.13. The van der Waals surface area contributed by atoms with E-state index in [0.717, 1.165) is 39.1 Å². The number of aromatic nitrogens is 2. The molecule has 0 spiro atoms. The molecule has 2 nitrogen and oxygen atoms in total. The molecule has 0 bridgehead atoms. The molecule has 2 heteroatoms. The minimum absolute atomic E-state index is 0.733. The Morgan fingerprint density at radius 1 is 0.300 bits per heavy atom. The number of hydrogen-bond acceptors (Lipinski definition) is 2. The van der Waals surface area contributed by atoms with E-state index in [-0.39, 0.29) is 0 Å². The molecule has 0 saturated heterocycles. The van der Waals surface area contributed by atoms with Gasteiger partial charge in [-0.25, -0.2) is 9.97 Å². The summed E-state index contributed by atoms with van der Waals surface area (Å²) in [4.78, 5) is 10.1. The average Bonchev–Trinajstić information content (AvgIpc) is 3.04. The van der Waals surface area contributed by atoms with Gasteiger partial charge in [0.15, 0.2) is 5.82 Å². The van der Waals surface area contributed by atoms with Gasteiger partial charge in [-0.15, -0.1) is 0 Å². The molecule has 8 rings (SSSR count). The van der Waals surface area contributed by atoms with Gasteiger partial charge < -0.3 is 0 Å². The topological polar surface area (TPSA) is 25.8 Å². The lowest BCUT2D eigenvalue weighted by molar-refractivity contribution is 1.23. The summed E-state index contributed by atoms with van der Waals surface area (Å²) in [6.45, 7) is 0. The molecule has 0 atom stereocenters. The first-order chi connectivity index (χ1) is 19.8. The first kappa shape index (κ1) is 22.6. The van der Waals surface area contributed by atoms with Crippen LogP contribution in [-0.2, 0) is 0 Å². The van der Waals surface area contributed by atoms with Crippen LogP contribution in [0.3, 0.4) is 0 Å². The van der Waals surface area contributed by atoms with Crippen LogP contribution < -0.4 is 0 Å². The van der Waals surface area contributed by atoms with Crippen molar-refractivity contribution in [2.45, 2.75) is 0 Å². The standard InChI is InChI=1S/C38H24N2/c1-2-11-25(12-3-1)37-34-19-8-9-20-36(34)39-38(40-37)28-14-10-13-26(23-28)27-21-22-33-31-17-5-4-15-29(31)30-16-6-7-18-32(30)35(33)24-27/h1-24H. The highest BCUT2D eigenvalue weighted by Gasteiger charge is 2.13. The molecule has 0 radical (unpaired) electrons. The highest BCUT2D eigenvalue weighted by Crippen LogP contribution is 2.37. The molecule has 0 unspecified atom stereocenters. The molecule has 40 heavy (non-hydrogen) atoms. The molecule has 0 aliphatic carbocycles. The van der Waals surface area contributed by atoms with Gasteiger partial charge in [0.1, 0.15) is 0 Å². The van der Waals surface area contributed by atoms with Crippen LogP contribution in [-0.4, -0.2) is 9.97 Å². The van der Waals surface area contributed by atoms with E-state index < -0.39 is 0 Å². The third-order valence-corrected chi connectivity index (χ3v) is 7.85. The second-order valence-electron chi connectivity index (χ2n) is 10.2. The molecule has 0 saturated carbocycles. The van der Waals surface area contributed by atoms with Gasteiger partial charge in [0.25, 0.3) is 0 Å². The first-order valence-electron chi connectivity index (χ1n) is 13.6. The zero-order chi connectivity index (χ0) is 26.5. The second-order valence-corrected chi connectivity index (χ2v) is 10.2. The molecule has 0 fully saturated rings. The summed E-state index contributed by atoms with van der Waals surface area (Å²) in [5.74, 6) is 0.733. The summed E-state index contributed by atoms with van der Waals surface area (Å²) < 4.78 is 0. The molecule has 0 amide bonds. The Morgan fingerprint density at radius 3 is 1.55 bits per heavy atom. The zero-order valence-electron chi connectivity index (χ0n) is 21.8. The smallest absolute Gasteiger partial charge is 0.160 e. The van der Waals surface area contributed by atoms with Crippen molar-refractivity contribution in [2.75, 3.05) is 0 Å². The highest BCUT2D eigenvalue weighted by atomic mass is 14.9. The monoisotopic (exact) mass is 508 g/mol. The van der Waals surface area contributed by atoms with E-state index in [1.165, 1.54) is 37.9 Å². The maximum absolute atomic E-state index is 5.09. The number of benzene rings is 7. The first-order valence-corrected chi connectivity index (χ1v) is 13.6. The Balaban J connectivity index is 1.31. The van der Waals surface area contributed by atoms with Crippen molar-refractivity contribution in [1.29, 1.82) is 0 Å². The Kier molecular flexibility index (Phi) is 5.17. The van der Waals surface area contributed by atoms with Crippen LogP contribution in [0, 0.1) is 0 Å². The van der Waals surface area contributed by atoms with Crippen LogP contribution in [0.5, 0.6) is 0 Å². The maximum atomic E-state index is 5.09. The summed E-state index contributed by atoms with van der Waals surface area (Å²) >= 11 is 0. The van der Waals surface area contributed by atoms with Crippen molar-refractivity contribution in [1.82, 2.24) is 9.97 Å². The van der Waals surface area contributed by atoms with Crippen LogP contribution in [0.15, 0.2) is 146 Å². The Bertz CT molecular complexity index is 2180. The van der Waals surface area contributed by atoms with Crippen LogP contribution in [0.1, 0.15) is 0 Å². The van der Waals surface area contributed by atoms with Crippen molar-refractivity contribution in [3.8, 4) is 33.8 Å². The van der Waals surface area contributed by atoms with Gasteiger partial charge >= 0.3 is 0 Å². The van der Waals surface area contributed by atoms with Gasteiger partial charge in [-0.05, 0) is 61.6 Å². The molecule has 7 aromatic carbocycles. The summed E-state index contributed by atoms with van der Waals surface area (Å²) in [7, 11) is 0. The number of hydrogen-bond donors (Lipinski definition) is 0. The Hall–Kier alpha value is -5.34. The van der Waals surface area contributed by atoms with E-state index in [0.29, 0.717) is 0 Å². The van der Waals surface area contributed by atoms with Gasteiger partial charge in [-0.1, -0.05) is 127 Å². The maximum Gasteiger partial charge on any atom is 0.160 e. The molecule has 0 aliphatic rings. The van der Waals surface area contributed by atoms with Crippen LogP contribution in [0.2, 0.25) is 0 Å². The van der Waals surface area contributed by atoms with E-state index in [2.05, 4.69) is 127 Å². The minimum Gasteiger partial charge on any atom is -0.228 e. The fraction of sp³-hybridized carbons (Fsp3) is 0. The normalized spacial score (nSPS) is 11.5. The van der Waals surface area contributed by atoms with E-state index in [1.807, 2.05) is 18.2 Å². The highest BCUT2D eigenvalue weighted by molar-refractivity contribution is 6.25. The van der Waals surface area contributed by atoms with Crippen molar-refractivity contribution >= 4 is 43.2 Å². The fourth-order valence-corrected chi connectivity index (χ4v) is 5.95. The predicted molar refractivity (Wildman–Crippen MR) is 168 cm³/mol. The van der Waals surface area contributed by atoms with Crippen LogP contribution in [0.25, 0.3) is 77.0 Å². The molecular weight excluding hydrogens is 484 g/mol. The lowest BCUT2D eigenvalue weighted by Crippen LogP contribution is -1.95.